The van der Waals surface area contributed by atoms with Crippen LogP contribution < -0.4 is 10.2 Å². The molecule has 1 aliphatic heterocycles. The Morgan fingerprint density at radius 2 is 1.80 bits per heavy atom. The Morgan fingerprint density at radius 3 is 2.40 bits per heavy atom. The summed E-state index contributed by atoms with van der Waals surface area (Å²) in [6.07, 6.45) is 4.29. The standard InChI is InChI=1S/C23H21ClF2N4O3S2/c1-13-18(20-27-7-16(8-28-20)30-11-22(12-30)9-23(25,26)10-22)6-19(34-13)21(31)29-15-3-14(24)4-17(5-15)35(2,32)33/h3-8H,9-12H2,1-2H3,(H,29,31). The van der Waals surface area contributed by atoms with Crippen molar-refractivity contribution in [2.75, 3.05) is 29.6 Å². The molecule has 1 spiro atoms. The molecule has 2 fully saturated rings. The first-order valence-corrected chi connectivity index (χ1v) is 13.8. The third-order valence-electron chi connectivity index (χ3n) is 6.26. The SMILES string of the molecule is Cc1sc(C(=O)Nc2cc(Cl)cc(S(C)(=O)=O)c2)cc1-c1ncc(N2CC3(C2)CC(F)(F)C3)cn1. The first kappa shape index (κ1) is 24.1. The van der Waals surface area contributed by atoms with Crippen LogP contribution in [0.1, 0.15) is 27.4 Å². The number of aryl methyl sites for hydroxylation is 1. The number of thiophene rings is 1. The molecule has 0 unspecified atom stereocenters. The molecular weight excluding hydrogens is 518 g/mol. The minimum Gasteiger partial charge on any atom is -0.368 e. The zero-order valence-electron chi connectivity index (χ0n) is 18.8. The van der Waals surface area contributed by atoms with E-state index in [0.29, 0.717) is 29.4 Å². The quantitative estimate of drug-likeness (QED) is 0.488. The number of aromatic nitrogens is 2. The third kappa shape index (κ3) is 4.76. The van der Waals surface area contributed by atoms with Crippen LogP contribution in [0.15, 0.2) is 41.6 Å². The van der Waals surface area contributed by atoms with Gasteiger partial charge in [-0.25, -0.2) is 27.2 Å². The van der Waals surface area contributed by atoms with E-state index in [2.05, 4.69) is 15.3 Å². The first-order valence-electron chi connectivity index (χ1n) is 10.7. The molecule has 0 atom stereocenters. The number of carbonyl (C=O) groups excluding carboxylic acids is 1. The molecule has 1 saturated carbocycles. The molecule has 35 heavy (non-hydrogen) atoms. The highest BCUT2D eigenvalue weighted by Gasteiger charge is 2.61. The first-order chi connectivity index (χ1) is 16.3. The van der Waals surface area contributed by atoms with Crippen molar-refractivity contribution >= 4 is 50.1 Å². The summed E-state index contributed by atoms with van der Waals surface area (Å²) in [5.74, 6) is -2.49. The van der Waals surface area contributed by atoms with Gasteiger partial charge in [-0.1, -0.05) is 11.6 Å². The highest BCUT2D eigenvalue weighted by atomic mass is 35.5. The van der Waals surface area contributed by atoms with Gasteiger partial charge >= 0.3 is 0 Å². The summed E-state index contributed by atoms with van der Waals surface area (Å²) in [4.78, 5) is 24.9. The van der Waals surface area contributed by atoms with Crippen LogP contribution in [-0.2, 0) is 9.84 Å². The second-order valence-electron chi connectivity index (χ2n) is 9.31. The molecule has 1 N–H and O–H groups in total. The number of amides is 1. The van der Waals surface area contributed by atoms with E-state index in [1.807, 2.05) is 11.8 Å². The van der Waals surface area contributed by atoms with Crippen LogP contribution in [0.4, 0.5) is 20.2 Å². The number of carbonyl (C=O) groups is 1. The Bertz CT molecular complexity index is 1430. The van der Waals surface area contributed by atoms with Gasteiger partial charge in [0.25, 0.3) is 5.91 Å². The zero-order chi connectivity index (χ0) is 25.2. The van der Waals surface area contributed by atoms with Crippen molar-refractivity contribution in [3.63, 3.8) is 0 Å². The Hall–Kier alpha value is -2.63. The van der Waals surface area contributed by atoms with Crippen LogP contribution in [0, 0.1) is 12.3 Å². The largest absolute Gasteiger partial charge is 0.368 e. The molecule has 3 aromatic rings. The van der Waals surface area contributed by atoms with Crippen molar-refractivity contribution in [2.45, 2.75) is 30.6 Å². The molecule has 0 bridgehead atoms. The lowest BCUT2D eigenvalue weighted by atomic mass is 9.61. The normalized spacial score (nSPS) is 18.1. The fourth-order valence-electron chi connectivity index (χ4n) is 4.70. The van der Waals surface area contributed by atoms with E-state index in [9.17, 15) is 22.0 Å². The summed E-state index contributed by atoms with van der Waals surface area (Å²) >= 11 is 7.28. The molecule has 2 aliphatic rings. The lowest BCUT2D eigenvalue weighted by Crippen LogP contribution is -2.66. The van der Waals surface area contributed by atoms with Gasteiger partial charge in [-0.15, -0.1) is 11.3 Å². The number of benzene rings is 1. The van der Waals surface area contributed by atoms with E-state index in [4.69, 9.17) is 11.6 Å². The molecule has 12 heteroatoms. The van der Waals surface area contributed by atoms with E-state index in [-0.39, 0.29) is 33.9 Å². The van der Waals surface area contributed by atoms with E-state index in [1.54, 1.807) is 18.5 Å². The minimum absolute atomic E-state index is 0.0102. The fourth-order valence-corrected chi connectivity index (χ4v) is 6.59. The highest BCUT2D eigenvalue weighted by Crippen LogP contribution is 2.57. The molecule has 7 nitrogen and oxygen atoms in total. The molecule has 2 aromatic heterocycles. The number of hydrogen-bond acceptors (Lipinski definition) is 7. The number of anilines is 2. The number of rotatable bonds is 5. The summed E-state index contributed by atoms with van der Waals surface area (Å²) < 4.78 is 50.1. The van der Waals surface area contributed by atoms with Crippen molar-refractivity contribution < 1.29 is 22.0 Å². The van der Waals surface area contributed by atoms with Gasteiger partial charge in [0.15, 0.2) is 15.7 Å². The average molecular weight is 539 g/mol. The monoisotopic (exact) mass is 538 g/mol. The number of nitrogens with zero attached hydrogens (tertiary/aromatic N) is 3. The Kier molecular flexibility index (Phi) is 5.65. The van der Waals surface area contributed by atoms with Crippen LogP contribution in [0.3, 0.4) is 0 Å². The number of sulfone groups is 1. The summed E-state index contributed by atoms with van der Waals surface area (Å²) in [6.45, 7) is 3.01. The average Bonchev–Trinajstić information content (AvgIpc) is 3.11. The van der Waals surface area contributed by atoms with Crippen molar-refractivity contribution in [1.82, 2.24) is 9.97 Å². The molecular formula is C23H21ClF2N4O3S2. The van der Waals surface area contributed by atoms with Crippen molar-refractivity contribution in [2.24, 2.45) is 5.41 Å². The van der Waals surface area contributed by atoms with Gasteiger partial charge in [0.1, 0.15) is 0 Å². The Labute approximate surface area is 210 Å². The molecule has 1 saturated heterocycles. The van der Waals surface area contributed by atoms with E-state index < -0.39 is 21.7 Å². The van der Waals surface area contributed by atoms with Gasteiger partial charge in [0.05, 0.1) is 27.9 Å². The van der Waals surface area contributed by atoms with Gasteiger partial charge < -0.3 is 10.2 Å². The van der Waals surface area contributed by atoms with E-state index in [1.165, 1.54) is 29.5 Å². The van der Waals surface area contributed by atoms with E-state index in [0.717, 1.165) is 16.8 Å². The maximum Gasteiger partial charge on any atom is 0.265 e. The third-order valence-corrected chi connectivity index (χ3v) is 8.62. The van der Waals surface area contributed by atoms with Crippen LogP contribution in [0.25, 0.3) is 11.4 Å². The molecule has 1 aliphatic carbocycles. The van der Waals surface area contributed by atoms with Crippen LogP contribution in [0.2, 0.25) is 5.02 Å². The summed E-state index contributed by atoms with van der Waals surface area (Å²) in [5, 5.41) is 2.88. The van der Waals surface area contributed by atoms with Gasteiger partial charge in [0, 0.05) is 58.8 Å². The topological polar surface area (TPSA) is 92.3 Å². The van der Waals surface area contributed by atoms with Crippen molar-refractivity contribution in [1.29, 1.82) is 0 Å². The Balaban J connectivity index is 1.28. The summed E-state index contributed by atoms with van der Waals surface area (Å²) in [7, 11) is -3.49. The summed E-state index contributed by atoms with van der Waals surface area (Å²) in [6, 6.07) is 5.83. The van der Waals surface area contributed by atoms with Gasteiger partial charge in [-0.05, 0) is 31.2 Å². The smallest absolute Gasteiger partial charge is 0.265 e. The fraction of sp³-hybridized carbons (Fsp3) is 0.348. The predicted octanol–water partition coefficient (Wildman–Crippen LogP) is 5.06. The lowest BCUT2D eigenvalue weighted by Gasteiger charge is -2.59. The van der Waals surface area contributed by atoms with Crippen molar-refractivity contribution in [3.8, 4) is 11.4 Å². The summed E-state index contributed by atoms with van der Waals surface area (Å²) in [5.41, 5.74) is 1.48. The maximum atomic E-state index is 13.2. The molecule has 0 radical (unpaired) electrons. The zero-order valence-corrected chi connectivity index (χ0v) is 21.2. The second-order valence-corrected chi connectivity index (χ2v) is 13.0. The van der Waals surface area contributed by atoms with Crippen molar-refractivity contribution in [3.05, 3.63) is 51.4 Å². The number of hydrogen-bond donors (Lipinski definition) is 1. The number of alkyl halides is 2. The highest BCUT2D eigenvalue weighted by molar-refractivity contribution is 7.90. The number of nitrogens with one attached hydrogen (secondary N) is 1. The molecule has 184 valence electrons. The molecule has 5 rings (SSSR count). The lowest BCUT2D eigenvalue weighted by molar-refractivity contribution is -0.170. The minimum atomic E-state index is -3.49. The molecule has 3 heterocycles. The predicted molar refractivity (Wildman–Crippen MR) is 131 cm³/mol. The molecule has 1 aromatic carbocycles. The maximum absolute atomic E-state index is 13.2. The van der Waals surface area contributed by atoms with Gasteiger partial charge in [0.2, 0.25) is 5.92 Å². The van der Waals surface area contributed by atoms with Crippen LogP contribution in [0.5, 0.6) is 0 Å². The second kappa shape index (κ2) is 8.21. The number of halogens is 3. The van der Waals surface area contributed by atoms with Gasteiger partial charge in [-0.3, -0.25) is 4.79 Å². The van der Waals surface area contributed by atoms with Crippen LogP contribution in [-0.4, -0.2) is 49.6 Å². The van der Waals surface area contributed by atoms with E-state index >= 15 is 0 Å². The molecule has 1 amide bonds. The van der Waals surface area contributed by atoms with Crippen LogP contribution >= 0.6 is 22.9 Å². The Morgan fingerprint density at radius 1 is 1.14 bits per heavy atom. The van der Waals surface area contributed by atoms with Gasteiger partial charge in [-0.2, -0.15) is 0 Å².